The molecular weight excluding hydrogens is 453 g/mol. The second-order valence-corrected chi connectivity index (χ2v) is 8.70. The van der Waals surface area contributed by atoms with Crippen molar-refractivity contribution in [2.75, 3.05) is 10.0 Å². The molecule has 2 N–H and O–H groups in total. The summed E-state index contributed by atoms with van der Waals surface area (Å²) in [6.45, 7) is 1.81. The molecule has 0 spiro atoms. The van der Waals surface area contributed by atoms with Crippen molar-refractivity contribution in [1.82, 2.24) is 0 Å². The fourth-order valence-electron chi connectivity index (χ4n) is 2.71. The Morgan fingerprint density at radius 2 is 1.61 bits per heavy atom. The van der Waals surface area contributed by atoms with Crippen LogP contribution in [0.2, 0.25) is 5.02 Å². The van der Waals surface area contributed by atoms with Gasteiger partial charge in [0.2, 0.25) is 0 Å². The third kappa shape index (κ3) is 5.36. The lowest BCUT2D eigenvalue weighted by atomic mass is 10.1. The second-order valence-electron chi connectivity index (χ2n) is 6.61. The maximum atomic E-state index is 13.1. The Morgan fingerprint density at radius 3 is 2.26 bits per heavy atom. The summed E-state index contributed by atoms with van der Waals surface area (Å²) in [6, 6.07) is 14.8. The lowest BCUT2D eigenvalue weighted by Crippen LogP contribution is -2.19. The highest BCUT2D eigenvalue weighted by atomic mass is 35.5. The summed E-state index contributed by atoms with van der Waals surface area (Å²) in [5, 5.41) is 1.84. The van der Waals surface area contributed by atoms with Gasteiger partial charge >= 0.3 is 6.18 Å². The number of alkyl halides is 3. The second kappa shape index (κ2) is 8.60. The number of aryl methyl sites for hydroxylation is 1. The van der Waals surface area contributed by atoms with Gasteiger partial charge < -0.3 is 5.32 Å². The van der Waals surface area contributed by atoms with Gasteiger partial charge in [0.15, 0.2) is 0 Å². The molecule has 0 aromatic heterocycles. The van der Waals surface area contributed by atoms with E-state index in [0.717, 1.165) is 11.6 Å². The molecule has 0 atom stereocenters. The number of carbonyl (C=O) groups excluding carboxylic acids is 1. The highest BCUT2D eigenvalue weighted by Gasteiger charge is 2.33. The summed E-state index contributed by atoms with van der Waals surface area (Å²) in [6.07, 6.45) is -4.70. The summed E-state index contributed by atoms with van der Waals surface area (Å²) in [5.41, 5.74) is -0.453. The topological polar surface area (TPSA) is 75.3 Å². The van der Waals surface area contributed by atoms with Gasteiger partial charge in [0.1, 0.15) is 0 Å². The molecule has 31 heavy (non-hydrogen) atoms. The first-order chi connectivity index (χ1) is 14.5. The van der Waals surface area contributed by atoms with Crippen LogP contribution in [0.5, 0.6) is 0 Å². The zero-order valence-corrected chi connectivity index (χ0v) is 17.6. The van der Waals surface area contributed by atoms with Crippen LogP contribution >= 0.6 is 11.6 Å². The van der Waals surface area contributed by atoms with Crippen LogP contribution in [0.3, 0.4) is 0 Å². The number of sulfonamides is 1. The molecule has 3 aromatic rings. The highest BCUT2D eigenvalue weighted by Crippen LogP contribution is 2.36. The number of amides is 1. The summed E-state index contributed by atoms with van der Waals surface area (Å²) in [5.74, 6) is -0.794. The van der Waals surface area contributed by atoms with Gasteiger partial charge in [0, 0.05) is 5.69 Å². The minimum absolute atomic E-state index is 0.000770. The number of anilines is 2. The zero-order valence-electron chi connectivity index (χ0n) is 16.0. The molecule has 3 rings (SSSR count). The van der Waals surface area contributed by atoms with Gasteiger partial charge in [-0.25, -0.2) is 8.42 Å². The minimum Gasteiger partial charge on any atom is -0.322 e. The van der Waals surface area contributed by atoms with Crippen LogP contribution in [0.1, 0.15) is 21.5 Å². The Balaban J connectivity index is 1.88. The van der Waals surface area contributed by atoms with Crippen LogP contribution < -0.4 is 10.0 Å². The highest BCUT2D eigenvalue weighted by molar-refractivity contribution is 7.92. The lowest BCUT2D eigenvalue weighted by Gasteiger charge is -2.14. The fraction of sp³-hybridized carbons (Fsp3) is 0.0952. The Labute approximate surface area is 181 Å². The van der Waals surface area contributed by atoms with Crippen LogP contribution in [0.4, 0.5) is 24.5 Å². The molecule has 5 nitrogen and oxygen atoms in total. The van der Waals surface area contributed by atoms with E-state index >= 15 is 0 Å². The van der Waals surface area contributed by atoms with Gasteiger partial charge in [0.05, 0.1) is 26.7 Å². The number of hydrogen-bond donors (Lipinski definition) is 2. The van der Waals surface area contributed by atoms with E-state index in [4.69, 9.17) is 11.6 Å². The maximum absolute atomic E-state index is 13.1. The largest absolute Gasteiger partial charge is 0.417 e. The molecule has 0 bridgehead atoms. The van der Waals surface area contributed by atoms with Crippen LogP contribution in [0, 0.1) is 6.92 Å². The average molecular weight is 469 g/mol. The monoisotopic (exact) mass is 468 g/mol. The molecule has 0 radical (unpaired) electrons. The Hall–Kier alpha value is -3.04. The first kappa shape index (κ1) is 22.6. The Bertz CT molecular complexity index is 1230. The van der Waals surface area contributed by atoms with Crippen molar-refractivity contribution in [1.29, 1.82) is 0 Å². The van der Waals surface area contributed by atoms with E-state index in [9.17, 15) is 26.4 Å². The van der Waals surface area contributed by atoms with Crippen LogP contribution in [0.15, 0.2) is 71.6 Å². The summed E-state index contributed by atoms with van der Waals surface area (Å²) in [7, 11) is -3.99. The maximum Gasteiger partial charge on any atom is 0.417 e. The molecule has 0 fully saturated rings. The minimum atomic E-state index is -4.70. The average Bonchev–Trinajstić information content (AvgIpc) is 2.69. The predicted molar refractivity (Wildman–Crippen MR) is 113 cm³/mol. The van der Waals surface area contributed by atoms with Crippen molar-refractivity contribution >= 4 is 38.9 Å². The quantitative estimate of drug-likeness (QED) is 0.503. The van der Waals surface area contributed by atoms with Crippen molar-refractivity contribution in [3.63, 3.8) is 0 Å². The van der Waals surface area contributed by atoms with Crippen LogP contribution in [-0.4, -0.2) is 14.3 Å². The number of para-hydroxylation sites is 1. The number of halogens is 4. The van der Waals surface area contributed by atoms with E-state index in [1.807, 2.05) is 6.92 Å². The molecule has 1 amide bonds. The molecule has 0 heterocycles. The van der Waals surface area contributed by atoms with Gasteiger partial charge in [-0.15, -0.1) is 0 Å². The van der Waals surface area contributed by atoms with Crippen molar-refractivity contribution in [3.05, 3.63) is 88.4 Å². The number of rotatable bonds is 5. The Kier molecular flexibility index (Phi) is 6.28. The molecule has 0 saturated heterocycles. The van der Waals surface area contributed by atoms with Gasteiger partial charge in [-0.3, -0.25) is 9.52 Å². The molecule has 0 saturated carbocycles. The van der Waals surface area contributed by atoms with E-state index in [2.05, 4.69) is 10.0 Å². The number of carbonyl (C=O) groups is 1. The van der Waals surface area contributed by atoms with E-state index < -0.39 is 32.7 Å². The fourth-order valence-corrected chi connectivity index (χ4v) is 4.01. The molecule has 3 aromatic carbocycles. The predicted octanol–water partition coefficient (Wildman–Crippen LogP) is 5.72. The van der Waals surface area contributed by atoms with E-state index in [1.165, 1.54) is 42.5 Å². The lowest BCUT2D eigenvalue weighted by molar-refractivity contribution is -0.137. The molecule has 0 unspecified atom stereocenters. The van der Waals surface area contributed by atoms with E-state index in [-0.39, 0.29) is 21.8 Å². The van der Waals surface area contributed by atoms with Gasteiger partial charge in [-0.2, -0.15) is 13.2 Å². The number of benzene rings is 3. The molecule has 0 aliphatic rings. The van der Waals surface area contributed by atoms with E-state index in [1.54, 1.807) is 12.1 Å². The molecule has 0 aliphatic carbocycles. The van der Waals surface area contributed by atoms with Crippen molar-refractivity contribution in [2.45, 2.75) is 18.0 Å². The molecular formula is C21H16ClF3N2O3S. The normalized spacial score (nSPS) is 11.8. The molecule has 162 valence electrons. The smallest absolute Gasteiger partial charge is 0.322 e. The standard InChI is InChI=1S/C21H16ClF3N2O3S/c1-13-6-9-15(10-7-13)31(29,30)27-19-5-3-2-4-16(19)20(28)26-14-8-11-18(22)17(12-14)21(23,24)25/h2-12,27H,1H3,(H,26,28). The van der Waals surface area contributed by atoms with Gasteiger partial charge in [0.25, 0.3) is 15.9 Å². The van der Waals surface area contributed by atoms with Gasteiger partial charge in [-0.05, 0) is 49.4 Å². The third-order valence-corrected chi connectivity index (χ3v) is 5.99. The first-order valence-electron chi connectivity index (χ1n) is 8.84. The van der Waals surface area contributed by atoms with E-state index in [0.29, 0.717) is 6.07 Å². The first-order valence-corrected chi connectivity index (χ1v) is 10.7. The summed E-state index contributed by atoms with van der Waals surface area (Å²) in [4.78, 5) is 12.7. The number of hydrogen-bond acceptors (Lipinski definition) is 3. The van der Waals surface area contributed by atoms with Crippen molar-refractivity contribution in [2.24, 2.45) is 0 Å². The van der Waals surface area contributed by atoms with Crippen molar-refractivity contribution < 1.29 is 26.4 Å². The van der Waals surface area contributed by atoms with Crippen molar-refractivity contribution in [3.8, 4) is 0 Å². The number of nitrogens with one attached hydrogen (secondary N) is 2. The summed E-state index contributed by atoms with van der Waals surface area (Å²) >= 11 is 5.59. The Morgan fingerprint density at radius 1 is 0.968 bits per heavy atom. The zero-order chi connectivity index (χ0) is 22.8. The van der Waals surface area contributed by atoms with Gasteiger partial charge in [-0.1, -0.05) is 41.4 Å². The SMILES string of the molecule is Cc1ccc(S(=O)(=O)Nc2ccccc2C(=O)Nc2ccc(Cl)c(C(F)(F)F)c2)cc1. The van der Waals surface area contributed by atoms with Crippen LogP contribution in [-0.2, 0) is 16.2 Å². The summed E-state index contributed by atoms with van der Waals surface area (Å²) < 4.78 is 66.8. The molecule has 10 heteroatoms. The van der Waals surface area contributed by atoms with Crippen LogP contribution in [0.25, 0.3) is 0 Å². The molecule has 0 aliphatic heterocycles. The third-order valence-electron chi connectivity index (χ3n) is 4.28.